The lowest BCUT2D eigenvalue weighted by atomic mass is 9.97. The van der Waals surface area contributed by atoms with E-state index in [2.05, 4.69) is 11.8 Å². The molecule has 1 aliphatic carbocycles. The van der Waals surface area contributed by atoms with Crippen LogP contribution in [0.15, 0.2) is 24.3 Å². The van der Waals surface area contributed by atoms with E-state index in [4.69, 9.17) is 0 Å². The van der Waals surface area contributed by atoms with E-state index in [1.54, 1.807) is 12.1 Å². The van der Waals surface area contributed by atoms with E-state index in [-0.39, 0.29) is 17.5 Å². The molecule has 2 rings (SSSR count). The summed E-state index contributed by atoms with van der Waals surface area (Å²) in [4.78, 5) is 14.6. The Morgan fingerprint density at radius 1 is 1.37 bits per heavy atom. The molecule has 0 amide bonds. The minimum absolute atomic E-state index is 0.149. The summed E-state index contributed by atoms with van der Waals surface area (Å²) in [5.41, 5.74) is 0.537. The molecule has 1 fully saturated rings. The molecular formula is C16H22FNO. The molecule has 104 valence electrons. The van der Waals surface area contributed by atoms with Crippen molar-refractivity contribution >= 4 is 5.78 Å². The number of Topliss-reactive ketones (excluding diaryl/α,β-unsaturated/α-hetero) is 1. The Morgan fingerprint density at radius 3 is 2.58 bits per heavy atom. The van der Waals surface area contributed by atoms with Crippen LogP contribution < -0.4 is 0 Å². The Kier molecular flexibility index (Phi) is 4.70. The van der Waals surface area contributed by atoms with Gasteiger partial charge in [0, 0.05) is 11.5 Å². The molecule has 1 atom stereocenters. The first kappa shape index (κ1) is 14.2. The van der Waals surface area contributed by atoms with Gasteiger partial charge in [-0.05, 0) is 38.4 Å². The molecule has 3 heteroatoms. The first-order valence-electron chi connectivity index (χ1n) is 7.21. The van der Waals surface area contributed by atoms with Crippen molar-refractivity contribution in [1.29, 1.82) is 0 Å². The first-order valence-corrected chi connectivity index (χ1v) is 7.21. The van der Waals surface area contributed by atoms with Crippen LogP contribution in [0, 0.1) is 11.7 Å². The molecule has 1 aliphatic rings. The largest absolute Gasteiger partial charge is 0.297 e. The predicted molar refractivity (Wildman–Crippen MR) is 74.4 cm³/mol. The molecule has 0 bridgehead atoms. The van der Waals surface area contributed by atoms with Crippen LogP contribution in [0.4, 0.5) is 4.39 Å². The third kappa shape index (κ3) is 3.21. The van der Waals surface area contributed by atoms with Crippen molar-refractivity contribution in [3.63, 3.8) is 0 Å². The van der Waals surface area contributed by atoms with Gasteiger partial charge in [0.1, 0.15) is 5.82 Å². The van der Waals surface area contributed by atoms with Crippen LogP contribution in [0.25, 0.3) is 0 Å². The summed E-state index contributed by atoms with van der Waals surface area (Å²) in [7, 11) is 0. The van der Waals surface area contributed by atoms with Crippen molar-refractivity contribution in [1.82, 2.24) is 4.90 Å². The van der Waals surface area contributed by atoms with Gasteiger partial charge in [-0.3, -0.25) is 9.69 Å². The number of carbonyl (C=O) groups is 1. The van der Waals surface area contributed by atoms with Gasteiger partial charge in [-0.1, -0.05) is 32.0 Å². The number of nitrogens with zero attached hydrogens (tertiary/aromatic N) is 1. The summed E-state index contributed by atoms with van der Waals surface area (Å²) in [6, 6.07) is 6.28. The van der Waals surface area contributed by atoms with Gasteiger partial charge in [-0.25, -0.2) is 4.39 Å². The van der Waals surface area contributed by atoms with Crippen molar-refractivity contribution in [3.05, 3.63) is 35.6 Å². The van der Waals surface area contributed by atoms with E-state index in [9.17, 15) is 9.18 Å². The van der Waals surface area contributed by atoms with E-state index in [0.717, 1.165) is 32.4 Å². The maximum atomic E-state index is 14.0. The van der Waals surface area contributed by atoms with Gasteiger partial charge in [-0.15, -0.1) is 0 Å². The maximum Gasteiger partial charge on any atom is 0.157 e. The minimum atomic E-state index is -0.404. The van der Waals surface area contributed by atoms with E-state index >= 15 is 0 Å². The Balaban J connectivity index is 2.32. The van der Waals surface area contributed by atoms with E-state index < -0.39 is 6.04 Å². The molecule has 0 aromatic heterocycles. The van der Waals surface area contributed by atoms with Gasteiger partial charge in [0.25, 0.3) is 0 Å². The second kappa shape index (κ2) is 6.29. The third-order valence-corrected chi connectivity index (χ3v) is 3.73. The summed E-state index contributed by atoms with van der Waals surface area (Å²) in [5.74, 6) is 0.0759. The number of hydrogen-bond acceptors (Lipinski definition) is 2. The molecule has 1 unspecified atom stereocenters. The lowest BCUT2D eigenvalue weighted by Gasteiger charge is -2.30. The van der Waals surface area contributed by atoms with Crippen LogP contribution in [0.5, 0.6) is 0 Å². The first-order chi connectivity index (χ1) is 9.19. The fraction of sp³-hybridized carbons (Fsp3) is 0.562. The number of carbonyl (C=O) groups excluding carboxylic acids is 1. The molecule has 0 heterocycles. The molecular weight excluding hydrogens is 241 g/mol. The molecule has 1 aromatic rings. The van der Waals surface area contributed by atoms with Crippen LogP contribution in [-0.4, -0.2) is 23.8 Å². The quantitative estimate of drug-likeness (QED) is 0.749. The highest BCUT2D eigenvalue weighted by molar-refractivity contribution is 5.89. The number of ketones is 1. The molecule has 0 aliphatic heterocycles. The number of benzene rings is 1. The van der Waals surface area contributed by atoms with Gasteiger partial charge in [0.15, 0.2) is 5.78 Å². The zero-order valence-electron chi connectivity index (χ0n) is 11.7. The van der Waals surface area contributed by atoms with Gasteiger partial charge in [0.05, 0.1) is 6.04 Å². The predicted octanol–water partition coefficient (Wildman–Crippen LogP) is 3.58. The topological polar surface area (TPSA) is 20.3 Å². The van der Waals surface area contributed by atoms with Crippen molar-refractivity contribution in [2.24, 2.45) is 5.92 Å². The fourth-order valence-electron chi connectivity index (χ4n) is 2.57. The van der Waals surface area contributed by atoms with Gasteiger partial charge in [-0.2, -0.15) is 0 Å². The molecule has 0 saturated heterocycles. The standard InChI is InChI=1S/C16H22FNO/c1-3-11-18(4-2)15(16(19)12-9-10-12)13-7-5-6-8-14(13)17/h5-8,12,15H,3-4,9-11H2,1-2H3. The molecule has 1 saturated carbocycles. The highest BCUT2D eigenvalue weighted by Crippen LogP contribution is 2.37. The number of likely N-dealkylation sites (N-methyl/N-ethyl adjacent to an activating group) is 1. The van der Waals surface area contributed by atoms with Crippen LogP contribution in [0.3, 0.4) is 0 Å². The molecule has 0 radical (unpaired) electrons. The van der Waals surface area contributed by atoms with Crippen LogP contribution in [-0.2, 0) is 4.79 Å². The molecule has 1 aromatic carbocycles. The Labute approximate surface area is 114 Å². The Morgan fingerprint density at radius 2 is 2.05 bits per heavy atom. The Hall–Kier alpha value is -1.22. The summed E-state index contributed by atoms with van der Waals surface area (Å²) >= 11 is 0. The highest BCUT2D eigenvalue weighted by Gasteiger charge is 2.38. The second-order valence-corrected chi connectivity index (χ2v) is 5.23. The Bertz CT molecular complexity index is 442. The van der Waals surface area contributed by atoms with Crippen LogP contribution in [0.1, 0.15) is 44.7 Å². The third-order valence-electron chi connectivity index (χ3n) is 3.73. The fourth-order valence-corrected chi connectivity index (χ4v) is 2.57. The second-order valence-electron chi connectivity index (χ2n) is 5.23. The smallest absolute Gasteiger partial charge is 0.157 e. The van der Waals surface area contributed by atoms with Gasteiger partial charge >= 0.3 is 0 Å². The van der Waals surface area contributed by atoms with E-state index in [0.29, 0.717) is 5.56 Å². The van der Waals surface area contributed by atoms with E-state index in [1.165, 1.54) is 6.07 Å². The number of hydrogen-bond donors (Lipinski definition) is 0. The molecule has 0 spiro atoms. The summed E-state index contributed by atoms with van der Waals surface area (Å²) in [5, 5.41) is 0. The average molecular weight is 263 g/mol. The summed E-state index contributed by atoms with van der Waals surface area (Å²) < 4.78 is 14.0. The zero-order valence-corrected chi connectivity index (χ0v) is 11.7. The van der Waals surface area contributed by atoms with Gasteiger partial charge < -0.3 is 0 Å². The zero-order chi connectivity index (χ0) is 13.8. The van der Waals surface area contributed by atoms with Crippen molar-refractivity contribution in [2.45, 2.75) is 39.2 Å². The minimum Gasteiger partial charge on any atom is -0.297 e. The number of halogens is 1. The lowest BCUT2D eigenvalue weighted by molar-refractivity contribution is -0.125. The molecule has 19 heavy (non-hydrogen) atoms. The van der Waals surface area contributed by atoms with Crippen molar-refractivity contribution in [3.8, 4) is 0 Å². The summed E-state index contributed by atoms with van der Waals surface area (Å²) in [6.07, 6.45) is 2.90. The summed E-state index contributed by atoms with van der Waals surface area (Å²) in [6.45, 7) is 5.71. The van der Waals surface area contributed by atoms with Gasteiger partial charge in [0.2, 0.25) is 0 Å². The van der Waals surface area contributed by atoms with Crippen LogP contribution >= 0.6 is 0 Å². The molecule has 2 nitrogen and oxygen atoms in total. The SMILES string of the molecule is CCCN(CC)C(C(=O)C1CC1)c1ccccc1F. The average Bonchev–Trinajstić information content (AvgIpc) is 3.24. The lowest BCUT2D eigenvalue weighted by Crippen LogP contribution is -2.36. The monoisotopic (exact) mass is 263 g/mol. The maximum absolute atomic E-state index is 14.0. The normalized spacial score (nSPS) is 16.6. The van der Waals surface area contributed by atoms with E-state index in [1.807, 2.05) is 13.0 Å². The van der Waals surface area contributed by atoms with Crippen molar-refractivity contribution < 1.29 is 9.18 Å². The van der Waals surface area contributed by atoms with Crippen LogP contribution in [0.2, 0.25) is 0 Å². The highest BCUT2D eigenvalue weighted by atomic mass is 19.1. The number of rotatable bonds is 7. The molecule has 0 N–H and O–H groups in total. The van der Waals surface area contributed by atoms with Crippen molar-refractivity contribution in [2.75, 3.05) is 13.1 Å².